The van der Waals surface area contributed by atoms with Gasteiger partial charge in [0.1, 0.15) is 0 Å². The lowest BCUT2D eigenvalue weighted by molar-refractivity contribution is 0.313. The van der Waals surface area contributed by atoms with E-state index in [1.807, 2.05) is 0 Å². The van der Waals surface area contributed by atoms with E-state index in [4.69, 9.17) is 0 Å². The zero-order chi connectivity index (χ0) is 10.0. The van der Waals surface area contributed by atoms with Crippen LogP contribution >= 0.6 is 9.24 Å². The van der Waals surface area contributed by atoms with Crippen LogP contribution in [0.3, 0.4) is 0 Å². The van der Waals surface area contributed by atoms with Crippen molar-refractivity contribution in [3.63, 3.8) is 0 Å². The van der Waals surface area contributed by atoms with E-state index in [2.05, 4.69) is 36.6 Å². The van der Waals surface area contributed by atoms with Crippen LogP contribution in [-0.2, 0) is 0 Å². The van der Waals surface area contributed by atoms with E-state index in [9.17, 15) is 0 Å². The molecule has 0 aliphatic heterocycles. The average molecular weight is 198 g/mol. The Hall–Kier alpha value is 0.170. The van der Waals surface area contributed by atoms with Crippen LogP contribution < -0.4 is 0 Å². The molecule has 0 amide bonds. The second kappa shape index (κ2) is 4.60. The normalized spacial score (nSPS) is 23.7. The van der Waals surface area contributed by atoms with Gasteiger partial charge in [0.2, 0.25) is 0 Å². The molecule has 0 aromatic heterocycles. The minimum Gasteiger partial charge on any atom is -0.134 e. The molecule has 1 rings (SSSR count). The van der Waals surface area contributed by atoms with Crippen molar-refractivity contribution in [3.8, 4) is 0 Å². The minimum atomic E-state index is 0.766. The smallest absolute Gasteiger partial charge is 0.0259 e. The summed E-state index contributed by atoms with van der Waals surface area (Å²) in [7, 11) is 2.98. The van der Waals surface area contributed by atoms with Crippen LogP contribution in [0.4, 0.5) is 0 Å². The molecule has 1 heteroatoms. The van der Waals surface area contributed by atoms with Gasteiger partial charge < -0.3 is 0 Å². The summed E-state index contributed by atoms with van der Waals surface area (Å²) in [5.74, 6) is 2.74. The first kappa shape index (κ1) is 11.2. The fraction of sp³-hybridized carbons (Fsp3) is 0.833. The van der Waals surface area contributed by atoms with Crippen molar-refractivity contribution in [3.05, 3.63) is 12.2 Å². The molecule has 0 N–H and O–H groups in total. The van der Waals surface area contributed by atoms with Gasteiger partial charge >= 0.3 is 0 Å². The van der Waals surface area contributed by atoms with Crippen molar-refractivity contribution in [1.82, 2.24) is 0 Å². The molecule has 1 saturated carbocycles. The topological polar surface area (TPSA) is 0 Å². The first-order valence-corrected chi connectivity index (χ1v) is 6.09. The van der Waals surface area contributed by atoms with E-state index in [1.165, 1.54) is 24.8 Å². The summed E-state index contributed by atoms with van der Waals surface area (Å²) in [4.78, 5) is 0. The van der Waals surface area contributed by atoms with E-state index in [0.717, 1.165) is 23.4 Å². The molecule has 76 valence electrons. The highest BCUT2D eigenvalue weighted by atomic mass is 31.0. The molecule has 1 aliphatic carbocycles. The fourth-order valence-corrected chi connectivity index (χ4v) is 3.27. The van der Waals surface area contributed by atoms with Crippen molar-refractivity contribution in [1.29, 1.82) is 0 Å². The Labute approximate surface area is 85.4 Å². The summed E-state index contributed by atoms with van der Waals surface area (Å²) in [5.41, 5.74) is 2.10. The number of hydrogen-bond acceptors (Lipinski definition) is 0. The standard InChI is InChI=1S/C12H23P/c1-8(2)7-9(3)12(10(4)13)11-5-6-11/h9-12H,1,5-7,13H2,2-4H3. The van der Waals surface area contributed by atoms with Crippen molar-refractivity contribution >= 4 is 9.24 Å². The van der Waals surface area contributed by atoms with Gasteiger partial charge in [0, 0.05) is 0 Å². The highest BCUT2D eigenvalue weighted by molar-refractivity contribution is 7.17. The third kappa shape index (κ3) is 3.43. The fourth-order valence-electron chi connectivity index (χ4n) is 2.58. The molecule has 4 unspecified atom stereocenters. The molecule has 1 fully saturated rings. The van der Waals surface area contributed by atoms with Crippen LogP contribution in [0.2, 0.25) is 0 Å². The van der Waals surface area contributed by atoms with Crippen molar-refractivity contribution in [2.24, 2.45) is 17.8 Å². The van der Waals surface area contributed by atoms with E-state index >= 15 is 0 Å². The highest BCUT2D eigenvalue weighted by Gasteiger charge is 2.36. The maximum Gasteiger partial charge on any atom is -0.0259 e. The van der Waals surface area contributed by atoms with Gasteiger partial charge in [-0.2, -0.15) is 0 Å². The van der Waals surface area contributed by atoms with Crippen LogP contribution in [0.25, 0.3) is 0 Å². The quantitative estimate of drug-likeness (QED) is 0.464. The molecule has 0 saturated heterocycles. The van der Waals surface area contributed by atoms with Crippen LogP contribution in [0.15, 0.2) is 12.2 Å². The van der Waals surface area contributed by atoms with Gasteiger partial charge in [0.05, 0.1) is 0 Å². The Bertz CT molecular complexity index is 178. The molecule has 0 heterocycles. The third-order valence-electron chi connectivity index (χ3n) is 3.10. The maximum absolute atomic E-state index is 4.01. The van der Waals surface area contributed by atoms with Crippen LogP contribution in [-0.4, -0.2) is 5.66 Å². The first-order chi connectivity index (χ1) is 6.02. The second-order valence-corrected chi connectivity index (χ2v) is 5.96. The summed E-state index contributed by atoms with van der Waals surface area (Å²) in [6.07, 6.45) is 4.13. The summed E-state index contributed by atoms with van der Waals surface area (Å²) in [6, 6.07) is 0. The SMILES string of the molecule is C=C(C)CC(C)C(C(C)P)C1CC1. The summed E-state index contributed by atoms with van der Waals surface area (Å²) in [5, 5.41) is 0. The predicted molar refractivity (Wildman–Crippen MR) is 64.0 cm³/mol. The van der Waals surface area contributed by atoms with Gasteiger partial charge in [0.25, 0.3) is 0 Å². The summed E-state index contributed by atoms with van der Waals surface area (Å²) in [6.45, 7) is 10.9. The van der Waals surface area contributed by atoms with Crippen LogP contribution in [0.1, 0.15) is 40.0 Å². The van der Waals surface area contributed by atoms with Crippen molar-refractivity contribution in [2.75, 3.05) is 0 Å². The Morgan fingerprint density at radius 2 is 2.00 bits per heavy atom. The Balaban J connectivity index is 2.47. The van der Waals surface area contributed by atoms with Gasteiger partial charge in [-0.15, -0.1) is 15.8 Å². The monoisotopic (exact) mass is 198 g/mol. The Morgan fingerprint density at radius 1 is 1.46 bits per heavy atom. The molecule has 0 radical (unpaired) electrons. The minimum absolute atomic E-state index is 0.766. The lowest BCUT2D eigenvalue weighted by Gasteiger charge is -2.27. The second-order valence-electron chi connectivity index (χ2n) is 4.91. The molecule has 13 heavy (non-hydrogen) atoms. The zero-order valence-corrected chi connectivity index (χ0v) is 10.4. The number of allylic oxidation sites excluding steroid dienone is 1. The van der Waals surface area contributed by atoms with E-state index < -0.39 is 0 Å². The summed E-state index contributed by atoms with van der Waals surface area (Å²) < 4.78 is 0. The van der Waals surface area contributed by atoms with E-state index in [0.29, 0.717) is 0 Å². The van der Waals surface area contributed by atoms with Crippen molar-refractivity contribution < 1.29 is 0 Å². The molecule has 0 spiro atoms. The molecule has 0 aromatic carbocycles. The van der Waals surface area contributed by atoms with Gasteiger partial charge in [0.15, 0.2) is 0 Å². The number of hydrogen-bond donors (Lipinski definition) is 0. The molecule has 0 aromatic rings. The van der Waals surface area contributed by atoms with Gasteiger partial charge in [-0.1, -0.05) is 19.4 Å². The third-order valence-corrected chi connectivity index (χ3v) is 3.55. The largest absolute Gasteiger partial charge is 0.134 e. The molecule has 1 aliphatic rings. The Morgan fingerprint density at radius 3 is 2.31 bits per heavy atom. The summed E-state index contributed by atoms with van der Waals surface area (Å²) >= 11 is 0. The maximum atomic E-state index is 4.01. The number of rotatable bonds is 5. The Kier molecular flexibility index (Phi) is 3.98. The van der Waals surface area contributed by atoms with Gasteiger partial charge in [-0.05, 0) is 49.6 Å². The zero-order valence-electron chi connectivity index (χ0n) is 9.22. The molecule has 4 atom stereocenters. The van der Waals surface area contributed by atoms with Gasteiger partial charge in [-0.3, -0.25) is 0 Å². The average Bonchev–Trinajstić information content (AvgIpc) is 2.68. The molecule has 0 nitrogen and oxygen atoms in total. The van der Waals surface area contributed by atoms with Crippen LogP contribution in [0, 0.1) is 17.8 Å². The lowest BCUT2D eigenvalue weighted by Crippen LogP contribution is -2.22. The van der Waals surface area contributed by atoms with E-state index in [-0.39, 0.29) is 0 Å². The first-order valence-electron chi connectivity index (χ1n) is 5.42. The molecular weight excluding hydrogens is 175 g/mol. The van der Waals surface area contributed by atoms with Gasteiger partial charge in [-0.25, -0.2) is 0 Å². The predicted octanol–water partition coefficient (Wildman–Crippen LogP) is 3.88. The molecular formula is C12H23P. The van der Waals surface area contributed by atoms with E-state index in [1.54, 1.807) is 0 Å². The highest BCUT2D eigenvalue weighted by Crippen LogP contribution is 2.45. The lowest BCUT2D eigenvalue weighted by atomic mass is 9.83. The molecule has 0 bridgehead atoms. The van der Waals surface area contributed by atoms with Crippen LogP contribution in [0.5, 0.6) is 0 Å². The van der Waals surface area contributed by atoms with Crippen molar-refractivity contribution in [2.45, 2.75) is 45.7 Å².